The molecule has 1 atom stereocenters. The summed E-state index contributed by atoms with van der Waals surface area (Å²) in [4.78, 5) is 15.3. The average molecular weight is 258 g/mol. The van der Waals surface area contributed by atoms with Crippen molar-refractivity contribution < 1.29 is 13.9 Å². The van der Waals surface area contributed by atoms with E-state index in [1.54, 1.807) is 0 Å². The number of ether oxygens (including phenoxy) is 1. The molecule has 1 saturated heterocycles. The van der Waals surface area contributed by atoms with Gasteiger partial charge in [-0.05, 0) is 25.2 Å². The fourth-order valence-electron chi connectivity index (χ4n) is 2.08. The maximum Gasteiger partial charge on any atom is 0.227 e. The van der Waals surface area contributed by atoms with Gasteiger partial charge in [-0.2, -0.15) is 4.39 Å². The molecule has 2 N–H and O–H groups in total. The van der Waals surface area contributed by atoms with Gasteiger partial charge in [0.2, 0.25) is 5.91 Å². The molecular weight excluding hydrogens is 243 g/mol. The molecule has 0 aliphatic carbocycles. The first-order valence-corrected chi connectivity index (χ1v) is 6.46. The monoisotopic (exact) mass is 258 g/mol. The van der Waals surface area contributed by atoms with Crippen molar-refractivity contribution in [2.45, 2.75) is 25.2 Å². The summed E-state index contributed by atoms with van der Waals surface area (Å²) in [5.41, 5.74) is 5.37. The highest BCUT2D eigenvalue weighted by molar-refractivity contribution is 7.10. The van der Waals surface area contributed by atoms with Crippen LogP contribution in [0.5, 0.6) is 0 Å². The summed E-state index contributed by atoms with van der Waals surface area (Å²) in [6.45, 7) is 1.45. The number of aromatic nitrogens is 1. The Morgan fingerprint density at radius 2 is 2.35 bits per heavy atom. The van der Waals surface area contributed by atoms with Crippen LogP contribution in [0.1, 0.15) is 30.2 Å². The minimum atomic E-state index is -0.465. The number of hydrogen-bond donors (Lipinski definition) is 1. The van der Waals surface area contributed by atoms with E-state index in [0.29, 0.717) is 17.3 Å². The van der Waals surface area contributed by atoms with Gasteiger partial charge in [-0.3, -0.25) is 4.79 Å². The van der Waals surface area contributed by atoms with E-state index in [0.717, 1.165) is 43.6 Å². The van der Waals surface area contributed by atoms with Crippen LogP contribution < -0.4 is 5.73 Å². The minimum Gasteiger partial charge on any atom is -0.381 e. The molecule has 2 heterocycles. The highest BCUT2D eigenvalue weighted by Gasteiger charge is 2.26. The van der Waals surface area contributed by atoms with Gasteiger partial charge >= 0.3 is 0 Å². The minimum absolute atomic E-state index is 0.377. The lowest BCUT2D eigenvalue weighted by Gasteiger charge is -2.24. The van der Waals surface area contributed by atoms with Crippen LogP contribution in [0.25, 0.3) is 0 Å². The standard InChI is InChI=1S/C11H15FN2O2S/c12-9-6-14-11(17-9)8(10(13)15)5-7-1-3-16-4-2-7/h6-8H,1-5H2,(H2,13,15). The molecular formula is C11H15FN2O2S. The van der Waals surface area contributed by atoms with Crippen molar-refractivity contribution in [3.63, 3.8) is 0 Å². The summed E-state index contributed by atoms with van der Waals surface area (Å²) in [6, 6.07) is 0. The van der Waals surface area contributed by atoms with Gasteiger partial charge in [0.25, 0.3) is 0 Å². The second-order valence-electron chi connectivity index (χ2n) is 4.25. The molecule has 1 aromatic rings. The Kier molecular flexibility index (Phi) is 4.06. The molecule has 0 radical (unpaired) electrons. The van der Waals surface area contributed by atoms with Crippen molar-refractivity contribution in [1.29, 1.82) is 0 Å². The number of carbonyl (C=O) groups excluding carboxylic acids is 1. The molecule has 17 heavy (non-hydrogen) atoms. The second kappa shape index (κ2) is 5.55. The average Bonchev–Trinajstić information content (AvgIpc) is 2.73. The van der Waals surface area contributed by atoms with Gasteiger partial charge in [-0.1, -0.05) is 11.3 Å². The van der Waals surface area contributed by atoms with Crippen molar-refractivity contribution in [3.05, 3.63) is 16.3 Å². The van der Waals surface area contributed by atoms with E-state index in [1.807, 2.05) is 0 Å². The maximum absolute atomic E-state index is 12.9. The normalized spacial score (nSPS) is 19.1. The Hall–Kier alpha value is -1.01. The summed E-state index contributed by atoms with van der Waals surface area (Å²) in [5.74, 6) is -0.480. The first-order chi connectivity index (χ1) is 8.16. The molecule has 1 fully saturated rings. The van der Waals surface area contributed by atoms with E-state index in [9.17, 15) is 9.18 Å². The third-order valence-electron chi connectivity index (χ3n) is 3.05. The van der Waals surface area contributed by atoms with Crippen LogP contribution >= 0.6 is 11.3 Å². The van der Waals surface area contributed by atoms with Crippen LogP contribution in [-0.2, 0) is 9.53 Å². The molecule has 1 aromatic heterocycles. The maximum atomic E-state index is 12.9. The lowest BCUT2D eigenvalue weighted by Crippen LogP contribution is -2.26. The molecule has 0 bridgehead atoms. The molecule has 1 aliphatic heterocycles. The quantitative estimate of drug-likeness (QED) is 0.893. The molecule has 1 amide bonds. The van der Waals surface area contributed by atoms with Crippen molar-refractivity contribution in [2.75, 3.05) is 13.2 Å². The molecule has 2 rings (SSSR count). The number of nitrogens with two attached hydrogens (primary N) is 1. The number of hydrogen-bond acceptors (Lipinski definition) is 4. The lowest BCUT2D eigenvalue weighted by molar-refractivity contribution is -0.120. The van der Waals surface area contributed by atoms with Crippen LogP contribution in [-0.4, -0.2) is 24.1 Å². The fraction of sp³-hybridized carbons (Fsp3) is 0.636. The van der Waals surface area contributed by atoms with Gasteiger partial charge in [0.05, 0.1) is 12.1 Å². The SMILES string of the molecule is NC(=O)C(CC1CCOCC1)c1ncc(F)s1. The van der Waals surface area contributed by atoms with Crippen LogP contribution in [0.15, 0.2) is 6.20 Å². The summed E-state index contributed by atoms with van der Waals surface area (Å²) < 4.78 is 18.2. The van der Waals surface area contributed by atoms with Gasteiger partial charge in [-0.15, -0.1) is 0 Å². The van der Waals surface area contributed by atoms with E-state index < -0.39 is 11.8 Å². The summed E-state index contributed by atoms with van der Waals surface area (Å²) in [5, 5.41) is 0.111. The van der Waals surface area contributed by atoms with E-state index in [2.05, 4.69) is 4.98 Å². The molecule has 94 valence electrons. The predicted molar refractivity (Wildman–Crippen MR) is 62.2 cm³/mol. The zero-order valence-electron chi connectivity index (χ0n) is 9.39. The molecule has 6 heteroatoms. The van der Waals surface area contributed by atoms with Crippen molar-refractivity contribution >= 4 is 17.2 Å². The molecule has 0 spiro atoms. The lowest BCUT2D eigenvalue weighted by atomic mass is 9.89. The second-order valence-corrected chi connectivity index (χ2v) is 5.26. The Morgan fingerprint density at radius 1 is 1.65 bits per heavy atom. The van der Waals surface area contributed by atoms with Gasteiger partial charge in [0.15, 0.2) is 5.13 Å². The first kappa shape index (κ1) is 12.4. The summed E-state index contributed by atoms with van der Waals surface area (Å²) in [7, 11) is 0. The van der Waals surface area contributed by atoms with E-state index in [1.165, 1.54) is 0 Å². The van der Waals surface area contributed by atoms with Crippen LogP contribution in [0, 0.1) is 11.0 Å². The summed E-state index contributed by atoms with van der Waals surface area (Å²) in [6.07, 6.45) is 3.64. The number of amides is 1. The van der Waals surface area contributed by atoms with Gasteiger partial charge < -0.3 is 10.5 Å². The zero-order valence-corrected chi connectivity index (χ0v) is 10.2. The number of halogens is 1. The van der Waals surface area contributed by atoms with Crippen LogP contribution in [0.3, 0.4) is 0 Å². The number of nitrogens with zero attached hydrogens (tertiary/aromatic N) is 1. The van der Waals surface area contributed by atoms with E-state index >= 15 is 0 Å². The van der Waals surface area contributed by atoms with Crippen molar-refractivity contribution in [3.8, 4) is 0 Å². The van der Waals surface area contributed by atoms with Crippen molar-refractivity contribution in [1.82, 2.24) is 4.98 Å². The first-order valence-electron chi connectivity index (χ1n) is 5.65. The third kappa shape index (κ3) is 3.23. The Bertz CT molecular complexity index is 391. The number of primary amides is 1. The van der Waals surface area contributed by atoms with Crippen LogP contribution in [0.4, 0.5) is 4.39 Å². The number of thiazole rings is 1. The molecule has 0 aromatic carbocycles. The van der Waals surface area contributed by atoms with Crippen LogP contribution in [0.2, 0.25) is 0 Å². The third-order valence-corrected chi connectivity index (χ3v) is 3.95. The topological polar surface area (TPSA) is 65.2 Å². The zero-order chi connectivity index (χ0) is 12.3. The van der Waals surface area contributed by atoms with Crippen molar-refractivity contribution in [2.24, 2.45) is 11.7 Å². The molecule has 4 nitrogen and oxygen atoms in total. The molecule has 1 unspecified atom stereocenters. The van der Waals surface area contributed by atoms with Gasteiger partial charge in [-0.25, -0.2) is 4.98 Å². The smallest absolute Gasteiger partial charge is 0.227 e. The summed E-state index contributed by atoms with van der Waals surface area (Å²) >= 11 is 0.903. The number of rotatable bonds is 4. The molecule has 1 aliphatic rings. The van der Waals surface area contributed by atoms with E-state index in [4.69, 9.17) is 10.5 Å². The van der Waals surface area contributed by atoms with Gasteiger partial charge in [0.1, 0.15) is 5.01 Å². The fourth-order valence-corrected chi connectivity index (χ4v) is 2.85. The predicted octanol–water partition coefficient (Wildman–Crippen LogP) is 1.67. The van der Waals surface area contributed by atoms with Gasteiger partial charge in [0, 0.05) is 13.2 Å². The molecule has 0 saturated carbocycles. The van der Waals surface area contributed by atoms with E-state index in [-0.39, 0.29) is 5.13 Å². The number of carbonyl (C=O) groups is 1. The Balaban J connectivity index is 2.04. The highest BCUT2D eigenvalue weighted by Crippen LogP contribution is 2.30. The Morgan fingerprint density at radius 3 is 2.88 bits per heavy atom. The largest absolute Gasteiger partial charge is 0.381 e. The highest BCUT2D eigenvalue weighted by atomic mass is 32.1. The Labute approximate surface area is 103 Å².